The van der Waals surface area contributed by atoms with Gasteiger partial charge >= 0.3 is 5.97 Å². The first-order chi connectivity index (χ1) is 7.93. The third-order valence-corrected chi connectivity index (χ3v) is 2.84. The van der Waals surface area contributed by atoms with E-state index in [-0.39, 0.29) is 30.5 Å². The van der Waals surface area contributed by atoms with Gasteiger partial charge in [0.05, 0.1) is 7.11 Å². The molecule has 0 aliphatic heterocycles. The number of halogens is 2. The molecular weight excluding hydrogens is 234 g/mol. The van der Waals surface area contributed by atoms with E-state index in [0.717, 1.165) is 0 Å². The minimum Gasteiger partial charge on any atom is -0.468 e. The van der Waals surface area contributed by atoms with Crippen LogP contribution < -0.4 is 0 Å². The summed E-state index contributed by atoms with van der Waals surface area (Å²) in [7, 11) is 1.25. The fourth-order valence-electron chi connectivity index (χ4n) is 1.71. The van der Waals surface area contributed by atoms with E-state index in [1.54, 1.807) is 6.92 Å². The van der Waals surface area contributed by atoms with E-state index in [9.17, 15) is 13.6 Å². The van der Waals surface area contributed by atoms with Crippen molar-refractivity contribution in [1.82, 2.24) is 10.1 Å². The van der Waals surface area contributed by atoms with E-state index in [2.05, 4.69) is 14.9 Å². The Kier molecular flexibility index (Phi) is 2.84. The van der Waals surface area contributed by atoms with Gasteiger partial charge in [0.1, 0.15) is 5.92 Å². The van der Waals surface area contributed by atoms with Crippen LogP contribution in [0.1, 0.15) is 43.3 Å². The van der Waals surface area contributed by atoms with Gasteiger partial charge in [-0.15, -0.1) is 0 Å². The Balaban J connectivity index is 2.04. The quantitative estimate of drug-likeness (QED) is 0.761. The van der Waals surface area contributed by atoms with Crippen molar-refractivity contribution < 1.29 is 22.8 Å². The molecule has 0 spiro atoms. The highest BCUT2D eigenvalue weighted by atomic mass is 19.3. The summed E-state index contributed by atoms with van der Waals surface area (Å²) in [6.07, 6.45) is -0.531. The zero-order valence-corrected chi connectivity index (χ0v) is 9.44. The maximum absolute atomic E-state index is 12.7. The van der Waals surface area contributed by atoms with Gasteiger partial charge in [-0.3, -0.25) is 4.79 Å². The molecule has 5 nitrogen and oxygen atoms in total. The van der Waals surface area contributed by atoms with E-state index in [0.29, 0.717) is 0 Å². The summed E-state index contributed by atoms with van der Waals surface area (Å²) in [6, 6.07) is 0. The van der Waals surface area contributed by atoms with Crippen molar-refractivity contribution in [2.24, 2.45) is 0 Å². The molecule has 1 aliphatic rings. The van der Waals surface area contributed by atoms with Crippen LogP contribution in [0.4, 0.5) is 8.78 Å². The number of carbonyl (C=O) groups excluding carboxylic acids is 1. The summed E-state index contributed by atoms with van der Waals surface area (Å²) >= 11 is 0. The number of methoxy groups -OCH3 is 1. The third-order valence-electron chi connectivity index (χ3n) is 2.84. The molecule has 94 valence electrons. The molecule has 0 bridgehead atoms. The Morgan fingerprint density at radius 3 is 2.76 bits per heavy atom. The van der Waals surface area contributed by atoms with Crippen LogP contribution in [0.2, 0.25) is 0 Å². The molecular formula is C10H12F2N2O3. The van der Waals surface area contributed by atoms with Gasteiger partial charge in [-0.05, 0) is 6.92 Å². The molecule has 1 saturated carbocycles. The first-order valence-electron chi connectivity index (χ1n) is 5.22. The minimum absolute atomic E-state index is 0.0991. The second-order valence-corrected chi connectivity index (χ2v) is 4.20. The van der Waals surface area contributed by atoms with Gasteiger partial charge in [0.2, 0.25) is 11.8 Å². The molecule has 1 aromatic rings. The van der Waals surface area contributed by atoms with Gasteiger partial charge in [-0.25, -0.2) is 8.78 Å². The highest BCUT2D eigenvalue weighted by molar-refractivity contribution is 5.76. The molecule has 0 amide bonds. The molecule has 0 aromatic carbocycles. The molecule has 17 heavy (non-hydrogen) atoms. The molecule has 2 rings (SSSR count). The summed E-state index contributed by atoms with van der Waals surface area (Å²) in [5, 5.41) is 3.61. The number of carbonyl (C=O) groups is 1. The number of alkyl halides is 2. The fraction of sp³-hybridized carbons (Fsp3) is 0.700. The topological polar surface area (TPSA) is 65.2 Å². The molecule has 1 atom stereocenters. The Morgan fingerprint density at radius 2 is 2.24 bits per heavy atom. The van der Waals surface area contributed by atoms with Crippen molar-refractivity contribution in [2.75, 3.05) is 7.11 Å². The Bertz CT molecular complexity index is 425. The number of hydrogen-bond donors (Lipinski definition) is 0. The molecule has 7 heteroatoms. The summed E-state index contributed by atoms with van der Waals surface area (Å²) in [5.74, 6) is -3.85. The predicted molar refractivity (Wildman–Crippen MR) is 51.7 cm³/mol. The van der Waals surface area contributed by atoms with E-state index >= 15 is 0 Å². The highest BCUT2D eigenvalue weighted by Crippen LogP contribution is 2.47. The van der Waals surface area contributed by atoms with Crippen molar-refractivity contribution in [2.45, 2.75) is 37.5 Å². The van der Waals surface area contributed by atoms with Gasteiger partial charge in [-0.1, -0.05) is 5.16 Å². The summed E-state index contributed by atoms with van der Waals surface area (Å²) in [6.45, 7) is 1.55. The van der Waals surface area contributed by atoms with E-state index in [1.807, 2.05) is 0 Å². The van der Waals surface area contributed by atoms with Crippen LogP contribution >= 0.6 is 0 Å². The van der Waals surface area contributed by atoms with Crippen molar-refractivity contribution in [3.8, 4) is 0 Å². The fourth-order valence-corrected chi connectivity index (χ4v) is 1.71. The number of nitrogens with zero attached hydrogens (tertiary/aromatic N) is 2. The monoisotopic (exact) mass is 246 g/mol. The third kappa shape index (κ3) is 2.27. The second-order valence-electron chi connectivity index (χ2n) is 4.20. The molecule has 0 saturated heterocycles. The number of ether oxygens (including phenoxy) is 1. The number of esters is 1. The van der Waals surface area contributed by atoms with Gasteiger partial charge in [0.25, 0.3) is 0 Å². The molecule has 0 N–H and O–H groups in total. The maximum atomic E-state index is 12.7. The molecule has 0 radical (unpaired) electrons. The lowest BCUT2D eigenvalue weighted by Crippen LogP contribution is -2.34. The maximum Gasteiger partial charge on any atom is 0.317 e. The lowest BCUT2D eigenvalue weighted by molar-refractivity contribution is -0.142. The number of hydrogen-bond acceptors (Lipinski definition) is 5. The largest absolute Gasteiger partial charge is 0.468 e. The Morgan fingerprint density at radius 1 is 1.59 bits per heavy atom. The molecule has 1 aliphatic carbocycles. The second kappa shape index (κ2) is 4.05. The molecule has 1 fully saturated rings. The zero-order chi connectivity index (χ0) is 12.6. The van der Waals surface area contributed by atoms with E-state index in [4.69, 9.17) is 4.52 Å². The van der Waals surface area contributed by atoms with Crippen LogP contribution in [0.3, 0.4) is 0 Å². The van der Waals surface area contributed by atoms with Crippen LogP contribution in [0, 0.1) is 0 Å². The lowest BCUT2D eigenvalue weighted by atomic mass is 9.81. The normalized spacial score (nSPS) is 20.7. The van der Waals surface area contributed by atoms with E-state index < -0.39 is 17.8 Å². The Labute approximate surface area is 96.1 Å². The van der Waals surface area contributed by atoms with Crippen LogP contribution in [0.5, 0.6) is 0 Å². The average molecular weight is 246 g/mol. The van der Waals surface area contributed by atoms with Crippen molar-refractivity contribution in [3.05, 3.63) is 11.7 Å². The summed E-state index contributed by atoms with van der Waals surface area (Å²) < 4.78 is 34.7. The predicted octanol–water partition coefficient (Wildman–Crippen LogP) is 1.86. The standard InChI is InChI=1S/C10H12F2N2O3/c1-5(9(15)16-2)8-13-7(14-17-8)6-3-10(11,12)4-6/h5-6H,3-4H2,1-2H3. The molecule has 1 heterocycles. The van der Waals surface area contributed by atoms with Gasteiger partial charge in [-0.2, -0.15) is 4.98 Å². The van der Waals surface area contributed by atoms with Crippen LogP contribution in [0.15, 0.2) is 4.52 Å². The first-order valence-corrected chi connectivity index (χ1v) is 5.22. The van der Waals surface area contributed by atoms with Crippen LogP contribution in [-0.4, -0.2) is 29.1 Å². The van der Waals surface area contributed by atoms with Crippen LogP contribution in [-0.2, 0) is 9.53 Å². The number of aromatic nitrogens is 2. The Hall–Kier alpha value is -1.53. The van der Waals surface area contributed by atoms with Crippen LogP contribution in [0.25, 0.3) is 0 Å². The lowest BCUT2D eigenvalue weighted by Gasteiger charge is -2.32. The summed E-state index contributed by atoms with van der Waals surface area (Å²) in [5.41, 5.74) is 0. The first kappa shape index (κ1) is 11.9. The summed E-state index contributed by atoms with van der Waals surface area (Å²) in [4.78, 5) is 15.2. The SMILES string of the molecule is COC(=O)C(C)c1nc(C2CC(F)(F)C2)no1. The number of rotatable bonds is 3. The molecule has 1 aromatic heterocycles. The van der Waals surface area contributed by atoms with Crippen molar-refractivity contribution in [1.29, 1.82) is 0 Å². The van der Waals surface area contributed by atoms with Crippen molar-refractivity contribution >= 4 is 5.97 Å². The minimum atomic E-state index is -2.63. The average Bonchev–Trinajstić information content (AvgIpc) is 2.72. The van der Waals surface area contributed by atoms with Crippen molar-refractivity contribution in [3.63, 3.8) is 0 Å². The van der Waals surface area contributed by atoms with Gasteiger partial charge < -0.3 is 9.26 Å². The molecule has 1 unspecified atom stereocenters. The van der Waals surface area contributed by atoms with Gasteiger partial charge in [0.15, 0.2) is 5.82 Å². The van der Waals surface area contributed by atoms with E-state index in [1.165, 1.54) is 7.11 Å². The highest BCUT2D eigenvalue weighted by Gasteiger charge is 2.48. The van der Waals surface area contributed by atoms with Gasteiger partial charge in [0, 0.05) is 18.8 Å². The smallest absolute Gasteiger partial charge is 0.317 e. The zero-order valence-electron chi connectivity index (χ0n) is 9.44.